The SMILES string of the molecule is CC(C)(O)CC1CCS(=O)(=O)C1(C)C. The van der Waals surface area contributed by atoms with E-state index in [1.54, 1.807) is 27.7 Å². The molecule has 0 saturated carbocycles. The molecule has 1 rings (SSSR count). The van der Waals surface area contributed by atoms with Gasteiger partial charge in [0, 0.05) is 0 Å². The molecule has 1 N–H and O–H groups in total. The minimum atomic E-state index is -2.96. The van der Waals surface area contributed by atoms with E-state index in [9.17, 15) is 13.5 Å². The molecule has 0 spiro atoms. The third kappa shape index (κ3) is 2.11. The van der Waals surface area contributed by atoms with Gasteiger partial charge in [-0.1, -0.05) is 0 Å². The van der Waals surface area contributed by atoms with Crippen LogP contribution in [0.3, 0.4) is 0 Å². The molecule has 0 aliphatic carbocycles. The van der Waals surface area contributed by atoms with Crippen LogP contribution in [-0.2, 0) is 9.84 Å². The minimum Gasteiger partial charge on any atom is -0.390 e. The molecular weight excluding hydrogens is 200 g/mol. The van der Waals surface area contributed by atoms with E-state index in [0.29, 0.717) is 12.8 Å². The Bertz CT molecular complexity index is 309. The van der Waals surface area contributed by atoms with Gasteiger partial charge >= 0.3 is 0 Å². The lowest BCUT2D eigenvalue weighted by atomic mass is 9.83. The van der Waals surface area contributed by atoms with Gasteiger partial charge in [0.05, 0.1) is 16.1 Å². The molecule has 14 heavy (non-hydrogen) atoms. The fourth-order valence-electron chi connectivity index (χ4n) is 2.11. The highest BCUT2D eigenvalue weighted by molar-refractivity contribution is 7.93. The quantitative estimate of drug-likeness (QED) is 0.764. The predicted octanol–water partition coefficient (Wildman–Crippen LogP) is 1.36. The maximum Gasteiger partial charge on any atom is 0.155 e. The molecule has 0 amide bonds. The van der Waals surface area contributed by atoms with E-state index in [4.69, 9.17) is 0 Å². The van der Waals surface area contributed by atoms with Gasteiger partial charge in [-0.25, -0.2) is 8.42 Å². The van der Waals surface area contributed by atoms with Gasteiger partial charge in [-0.05, 0) is 46.5 Å². The van der Waals surface area contributed by atoms with Crippen LogP contribution in [0.5, 0.6) is 0 Å². The second-order valence-corrected chi connectivity index (χ2v) is 8.11. The van der Waals surface area contributed by atoms with E-state index in [2.05, 4.69) is 0 Å². The Balaban J connectivity index is 2.86. The number of hydrogen-bond donors (Lipinski definition) is 1. The topological polar surface area (TPSA) is 54.4 Å². The minimum absolute atomic E-state index is 0.0764. The first-order valence-corrected chi connectivity index (χ1v) is 6.66. The van der Waals surface area contributed by atoms with Crippen molar-refractivity contribution in [3.05, 3.63) is 0 Å². The van der Waals surface area contributed by atoms with Gasteiger partial charge in [0.15, 0.2) is 9.84 Å². The highest BCUT2D eigenvalue weighted by atomic mass is 32.2. The zero-order valence-corrected chi connectivity index (χ0v) is 10.2. The monoisotopic (exact) mass is 220 g/mol. The summed E-state index contributed by atoms with van der Waals surface area (Å²) in [4.78, 5) is 0. The van der Waals surface area contributed by atoms with Crippen LogP contribution in [-0.4, -0.2) is 29.6 Å². The fourth-order valence-corrected chi connectivity index (χ4v) is 3.94. The summed E-state index contributed by atoms with van der Waals surface area (Å²) in [5.74, 6) is 0.341. The van der Waals surface area contributed by atoms with Crippen molar-refractivity contribution < 1.29 is 13.5 Å². The summed E-state index contributed by atoms with van der Waals surface area (Å²) < 4.78 is 22.7. The van der Waals surface area contributed by atoms with Crippen molar-refractivity contribution in [2.45, 2.75) is 50.9 Å². The van der Waals surface area contributed by atoms with E-state index in [0.717, 1.165) is 0 Å². The van der Waals surface area contributed by atoms with Gasteiger partial charge in [-0.15, -0.1) is 0 Å². The third-order valence-electron chi connectivity index (χ3n) is 3.27. The van der Waals surface area contributed by atoms with Gasteiger partial charge in [-0.3, -0.25) is 0 Å². The molecular formula is C10H20O3S. The lowest BCUT2D eigenvalue weighted by Crippen LogP contribution is -2.37. The van der Waals surface area contributed by atoms with E-state index >= 15 is 0 Å². The summed E-state index contributed by atoms with van der Waals surface area (Å²) in [6.45, 7) is 7.00. The Morgan fingerprint density at radius 3 is 2.21 bits per heavy atom. The van der Waals surface area contributed by atoms with Crippen LogP contribution in [0.15, 0.2) is 0 Å². The van der Waals surface area contributed by atoms with Gasteiger partial charge in [-0.2, -0.15) is 0 Å². The summed E-state index contributed by atoms with van der Waals surface area (Å²) in [6.07, 6.45) is 1.23. The number of sulfone groups is 1. The van der Waals surface area contributed by atoms with Crippen LogP contribution in [0.2, 0.25) is 0 Å². The Morgan fingerprint density at radius 1 is 1.43 bits per heavy atom. The van der Waals surface area contributed by atoms with Crippen LogP contribution in [0.25, 0.3) is 0 Å². The molecule has 1 heterocycles. The fraction of sp³-hybridized carbons (Fsp3) is 1.00. The van der Waals surface area contributed by atoms with Gasteiger partial charge < -0.3 is 5.11 Å². The average molecular weight is 220 g/mol. The van der Waals surface area contributed by atoms with Crippen molar-refractivity contribution in [3.8, 4) is 0 Å². The molecule has 1 saturated heterocycles. The normalized spacial score (nSPS) is 30.5. The van der Waals surface area contributed by atoms with Crippen molar-refractivity contribution >= 4 is 9.84 Å². The largest absolute Gasteiger partial charge is 0.390 e. The average Bonchev–Trinajstić information content (AvgIpc) is 2.10. The lowest BCUT2D eigenvalue weighted by Gasteiger charge is -2.30. The first-order valence-electron chi connectivity index (χ1n) is 5.01. The molecule has 0 aromatic rings. The number of aliphatic hydroxyl groups is 1. The molecule has 1 fully saturated rings. The molecule has 1 atom stereocenters. The summed E-state index contributed by atoms with van der Waals surface area (Å²) in [7, 11) is -2.96. The van der Waals surface area contributed by atoms with Crippen LogP contribution < -0.4 is 0 Å². The zero-order valence-electron chi connectivity index (χ0n) is 9.37. The highest BCUT2D eigenvalue weighted by Crippen LogP contribution is 2.41. The number of rotatable bonds is 2. The second-order valence-electron chi connectivity index (χ2n) is 5.42. The van der Waals surface area contributed by atoms with Gasteiger partial charge in [0.2, 0.25) is 0 Å². The standard InChI is InChI=1S/C10H20O3S/c1-9(2,11)7-8-5-6-14(12,13)10(8,3)4/h8,11H,5-7H2,1-4H3. The third-order valence-corrected chi connectivity index (χ3v) is 5.98. The maximum absolute atomic E-state index is 11.7. The second kappa shape index (κ2) is 3.20. The first-order chi connectivity index (χ1) is 6.06. The molecule has 0 bridgehead atoms. The van der Waals surface area contributed by atoms with Crippen molar-refractivity contribution in [1.82, 2.24) is 0 Å². The van der Waals surface area contributed by atoms with Crippen LogP contribution >= 0.6 is 0 Å². The van der Waals surface area contributed by atoms with Crippen LogP contribution in [0, 0.1) is 5.92 Å². The van der Waals surface area contributed by atoms with E-state index in [1.807, 2.05) is 0 Å². The Kier molecular flexibility index (Phi) is 2.74. The van der Waals surface area contributed by atoms with Gasteiger partial charge in [0.25, 0.3) is 0 Å². The van der Waals surface area contributed by atoms with Crippen molar-refractivity contribution in [2.24, 2.45) is 5.92 Å². The number of hydrogen-bond acceptors (Lipinski definition) is 3. The summed E-state index contributed by atoms with van der Waals surface area (Å²) >= 11 is 0. The smallest absolute Gasteiger partial charge is 0.155 e. The zero-order chi connectivity index (χ0) is 11.2. The molecule has 0 radical (unpaired) electrons. The predicted molar refractivity (Wildman–Crippen MR) is 56.9 cm³/mol. The van der Waals surface area contributed by atoms with Crippen LogP contribution in [0.1, 0.15) is 40.5 Å². The molecule has 84 valence electrons. The van der Waals surface area contributed by atoms with Crippen molar-refractivity contribution in [2.75, 3.05) is 5.75 Å². The molecule has 0 aromatic heterocycles. The summed E-state index contributed by atoms with van der Waals surface area (Å²) in [5.41, 5.74) is -0.776. The van der Waals surface area contributed by atoms with E-state index in [1.165, 1.54) is 0 Å². The Hall–Kier alpha value is -0.0900. The van der Waals surface area contributed by atoms with Crippen LogP contribution in [0.4, 0.5) is 0 Å². The molecule has 3 nitrogen and oxygen atoms in total. The summed E-state index contributed by atoms with van der Waals surface area (Å²) in [6, 6.07) is 0. The summed E-state index contributed by atoms with van der Waals surface area (Å²) in [5, 5.41) is 9.69. The van der Waals surface area contributed by atoms with Crippen molar-refractivity contribution in [3.63, 3.8) is 0 Å². The van der Waals surface area contributed by atoms with Crippen molar-refractivity contribution in [1.29, 1.82) is 0 Å². The first kappa shape index (κ1) is 12.0. The molecule has 1 unspecified atom stereocenters. The highest BCUT2D eigenvalue weighted by Gasteiger charge is 2.48. The molecule has 4 heteroatoms. The Morgan fingerprint density at radius 2 is 1.93 bits per heavy atom. The molecule has 1 aliphatic rings. The van der Waals surface area contributed by atoms with E-state index in [-0.39, 0.29) is 11.7 Å². The van der Waals surface area contributed by atoms with E-state index < -0.39 is 20.2 Å². The Labute approximate surface area is 86.4 Å². The lowest BCUT2D eigenvalue weighted by molar-refractivity contribution is 0.0480. The van der Waals surface area contributed by atoms with Gasteiger partial charge in [0.1, 0.15) is 0 Å². The maximum atomic E-state index is 11.7. The molecule has 1 aliphatic heterocycles. The molecule has 0 aromatic carbocycles.